The van der Waals surface area contributed by atoms with Gasteiger partial charge in [-0.05, 0) is 12.8 Å². The third-order valence-electron chi connectivity index (χ3n) is 3.53. The Bertz CT molecular complexity index is 240. The van der Waals surface area contributed by atoms with Crippen molar-refractivity contribution < 1.29 is 4.74 Å². The third kappa shape index (κ3) is 3.47. The molecule has 0 heterocycles. The first kappa shape index (κ1) is 14.0. The third-order valence-corrected chi connectivity index (χ3v) is 3.67. The molecule has 0 radical (unpaired) electrons. The molecule has 3 heteroatoms. The summed E-state index contributed by atoms with van der Waals surface area (Å²) in [5.41, 5.74) is 0.208. The fourth-order valence-corrected chi connectivity index (χ4v) is 2.20. The van der Waals surface area contributed by atoms with E-state index in [1.54, 1.807) is 0 Å². The predicted octanol–water partition coefficient (Wildman–Crippen LogP) is 3.31. The van der Waals surface area contributed by atoms with Gasteiger partial charge in [0.1, 0.15) is 0 Å². The molecule has 0 aromatic rings. The summed E-state index contributed by atoms with van der Waals surface area (Å²) in [5, 5.41) is 4.09. The van der Waals surface area contributed by atoms with E-state index in [1.165, 1.54) is 6.42 Å². The van der Waals surface area contributed by atoms with Crippen LogP contribution in [0.4, 0.5) is 0 Å². The van der Waals surface area contributed by atoms with E-state index < -0.39 is 0 Å². The van der Waals surface area contributed by atoms with Crippen molar-refractivity contribution in [3.05, 3.63) is 11.6 Å². The lowest BCUT2D eigenvalue weighted by Gasteiger charge is -2.52. The number of ether oxygens (including phenoxy) is 1. The molecule has 16 heavy (non-hydrogen) atoms. The molecule has 2 nitrogen and oxygen atoms in total. The van der Waals surface area contributed by atoms with Crippen molar-refractivity contribution in [2.75, 3.05) is 13.2 Å². The van der Waals surface area contributed by atoms with Gasteiger partial charge in [-0.2, -0.15) is 0 Å². The van der Waals surface area contributed by atoms with Crippen LogP contribution in [0.15, 0.2) is 11.6 Å². The lowest BCUT2D eigenvalue weighted by molar-refractivity contribution is -0.117. The Morgan fingerprint density at radius 3 is 2.75 bits per heavy atom. The van der Waals surface area contributed by atoms with Gasteiger partial charge in [-0.3, -0.25) is 0 Å². The molecule has 1 N–H and O–H groups in total. The molecule has 0 spiro atoms. The predicted molar refractivity (Wildman–Crippen MR) is 69.8 cm³/mol. The van der Waals surface area contributed by atoms with E-state index >= 15 is 0 Å². The van der Waals surface area contributed by atoms with Gasteiger partial charge < -0.3 is 10.1 Å². The summed E-state index contributed by atoms with van der Waals surface area (Å²) >= 11 is 5.75. The quantitative estimate of drug-likeness (QED) is 0.695. The van der Waals surface area contributed by atoms with E-state index in [1.807, 2.05) is 0 Å². The van der Waals surface area contributed by atoms with Gasteiger partial charge in [0.05, 0.1) is 6.10 Å². The van der Waals surface area contributed by atoms with Gasteiger partial charge in [0.25, 0.3) is 0 Å². The van der Waals surface area contributed by atoms with Gasteiger partial charge in [-0.15, -0.1) is 0 Å². The lowest BCUT2D eigenvalue weighted by atomic mass is 9.64. The van der Waals surface area contributed by atoms with Crippen molar-refractivity contribution >= 4 is 11.6 Å². The Hall–Kier alpha value is -0.0500. The maximum atomic E-state index is 5.88. The number of hydrogen-bond donors (Lipinski definition) is 1. The van der Waals surface area contributed by atoms with Crippen molar-refractivity contribution in [1.29, 1.82) is 0 Å². The van der Waals surface area contributed by atoms with Gasteiger partial charge in [-0.25, -0.2) is 0 Å². The molecular weight excluding hydrogens is 222 g/mol. The molecular formula is C13H24ClNO. The molecule has 1 fully saturated rings. The minimum Gasteiger partial charge on any atom is -0.378 e. The normalized spacial score (nSPS) is 27.5. The molecule has 2 atom stereocenters. The number of hydrogen-bond acceptors (Lipinski definition) is 2. The molecule has 0 aromatic heterocycles. The first-order valence-electron chi connectivity index (χ1n) is 6.16. The summed E-state index contributed by atoms with van der Waals surface area (Å²) in [7, 11) is 0. The van der Waals surface area contributed by atoms with Crippen LogP contribution in [0.2, 0.25) is 0 Å². The highest BCUT2D eigenvalue weighted by Gasteiger charge is 2.48. The zero-order valence-corrected chi connectivity index (χ0v) is 11.4. The average Bonchev–Trinajstić information content (AvgIpc) is 2.20. The second-order valence-corrected chi connectivity index (χ2v) is 5.76. The SMILES string of the molecule is C=C(Cl)CNC1CC(OCCCC)C1(C)C. The van der Waals surface area contributed by atoms with Crippen LogP contribution in [0.5, 0.6) is 0 Å². The first-order valence-corrected chi connectivity index (χ1v) is 6.54. The molecule has 0 bridgehead atoms. The fourth-order valence-electron chi connectivity index (χ4n) is 2.12. The topological polar surface area (TPSA) is 21.3 Å². The van der Waals surface area contributed by atoms with E-state index in [4.69, 9.17) is 16.3 Å². The van der Waals surface area contributed by atoms with E-state index in [0.717, 1.165) is 19.4 Å². The van der Waals surface area contributed by atoms with Crippen LogP contribution in [0.1, 0.15) is 40.0 Å². The molecule has 0 saturated heterocycles. The molecule has 0 aliphatic heterocycles. The summed E-state index contributed by atoms with van der Waals surface area (Å²) in [6, 6.07) is 0.495. The smallest absolute Gasteiger partial charge is 0.0655 e. The summed E-state index contributed by atoms with van der Waals surface area (Å²) in [6.45, 7) is 12.0. The number of nitrogens with one attached hydrogen (secondary N) is 1. The highest BCUT2D eigenvalue weighted by molar-refractivity contribution is 6.29. The van der Waals surface area contributed by atoms with Crippen molar-refractivity contribution in [3.8, 4) is 0 Å². The molecule has 94 valence electrons. The van der Waals surface area contributed by atoms with Gasteiger partial charge >= 0.3 is 0 Å². The Morgan fingerprint density at radius 1 is 1.56 bits per heavy atom. The van der Waals surface area contributed by atoms with E-state index in [-0.39, 0.29) is 5.41 Å². The van der Waals surface area contributed by atoms with Gasteiger partial charge in [0, 0.05) is 29.6 Å². The van der Waals surface area contributed by atoms with Crippen LogP contribution in [0.25, 0.3) is 0 Å². The summed E-state index contributed by atoms with van der Waals surface area (Å²) in [4.78, 5) is 0. The molecule has 1 aliphatic rings. The standard InChI is InChI=1S/C13H24ClNO/c1-5-6-7-16-12-8-11(13(12,3)4)15-9-10(2)14/h11-12,15H,2,5-9H2,1,3-4H3. The molecule has 1 saturated carbocycles. The maximum Gasteiger partial charge on any atom is 0.0655 e. The monoisotopic (exact) mass is 245 g/mol. The largest absolute Gasteiger partial charge is 0.378 e. The maximum absolute atomic E-state index is 5.88. The molecule has 1 rings (SSSR count). The Morgan fingerprint density at radius 2 is 2.25 bits per heavy atom. The zero-order chi connectivity index (χ0) is 12.2. The summed E-state index contributed by atoms with van der Waals surface area (Å²) in [6.07, 6.45) is 3.82. The first-order chi connectivity index (χ1) is 7.48. The van der Waals surface area contributed by atoms with Crippen LogP contribution in [0.3, 0.4) is 0 Å². The van der Waals surface area contributed by atoms with E-state index in [0.29, 0.717) is 23.7 Å². The van der Waals surface area contributed by atoms with E-state index in [2.05, 4.69) is 32.7 Å². The minimum atomic E-state index is 0.208. The number of rotatable bonds is 7. The molecule has 1 aliphatic carbocycles. The van der Waals surface area contributed by atoms with Crippen LogP contribution in [0, 0.1) is 5.41 Å². The van der Waals surface area contributed by atoms with Crippen molar-refractivity contribution in [2.24, 2.45) is 5.41 Å². The second kappa shape index (κ2) is 6.04. The highest BCUT2D eigenvalue weighted by atomic mass is 35.5. The molecule has 0 amide bonds. The Labute approximate surface area is 104 Å². The van der Waals surface area contributed by atoms with Gasteiger partial charge in [0.2, 0.25) is 0 Å². The second-order valence-electron chi connectivity index (χ2n) is 5.22. The van der Waals surface area contributed by atoms with Crippen molar-refractivity contribution in [1.82, 2.24) is 5.32 Å². The molecule has 2 unspecified atom stereocenters. The fraction of sp³-hybridized carbons (Fsp3) is 0.846. The number of halogens is 1. The van der Waals surface area contributed by atoms with Crippen LogP contribution in [-0.2, 0) is 4.74 Å². The summed E-state index contributed by atoms with van der Waals surface area (Å²) in [5.74, 6) is 0. The Kier molecular flexibility index (Phi) is 5.29. The van der Waals surface area contributed by atoms with E-state index in [9.17, 15) is 0 Å². The zero-order valence-electron chi connectivity index (χ0n) is 10.7. The molecule has 0 aromatic carbocycles. The lowest BCUT2D eigenvalue weighted by Crippen LogP contribution is -2.61. The van der Waals surface area contributed by atoms with Crippen LogP contribution < -0.4 is 5.32 Å². The van der Waals surface area contributed by atoms with Gasteiger partial charge in [0.15, 0.2) is 0 Å². The number of unbranched alkanes of at least 4 members (excludes halogenated alkanes) is 1. The van der Waals surface area contributed by atoms with Gasteiger partial charge in [-0.1, -0.05) is 45.4 Å². The Balaban J connectivity index is 2.26. The highest BCUT2D eigenvalue weighted by Crippen LogP contribution is 2.42. The summed E-state index contributed by atoms with van der Waals surface area (Å²) < 4.78 is 5.88. The van der Waals surface area contributed by atoms with Crippen molar-refractivity contribution in [2.45, 2.75) is 52.2 Å². The minimum absolute atomic E-state index is 0.208. The van der Waals surface area contributed by atoms with Crippen molar-refractivity contribution in [3.63, 3.8) is 0 Å². The van der Waals surface area contributed by atoms with Crippen LogP contribution in [-0.4, -0.2) is 25.3 Å². The average molecular weight is 246 g/mol. The van der Waals surface area contributed by atoms with Crippen LogP contribution >= 0.6 is 11.6 Å².